The Bertz CT molecular complexity index is 937. The van der Waals surface area contributed by atoms with Crippen molar-refractivity contribution in [2.24, 2.45) is 0 Å². The van der Waals surface area contributed by atoms with Crippen LogP contribution in [-0.4, -0.2) is 33.7 Å². The standard InChI is InChI=1S/C18H18N4O/c1-12-9-17(21-8-4-5-13(21)11-23)22-16-7-3-2-6-15(16)20-18(22)14(12)10-19/h2-3,6-7,9,13,23H,4-5,8,11H2,1H3/t13-/m1/s1. The molecule has 0 spiro atoms. The number of benzene rings is 1. The highest BCUT2D eigenvalue weighted by Gasteiger charge is 2.27. The molecule has 1 saturated heterocycles. The molecular weight excluding hydrogens is 288 g/mol. The maximum atomic E-state index is 9.68. The summed E-state index contributed by atoms with van der Waals surface area (Å²) >= 11 is 0. The number of anilines is 1. The van der Waals surface area contributed by atoms with E-state index in [0.29, 0.717) is 11.2 Å². The third-order valence-corrected chi connectivity index (χ3v) is 4.75. The van der Waals surface area contributed by atoms with Crippen LogP contribution >= 0.6 is 0 Å². The zero-order valence-corrected chi connectivity index (χ0v) is 13.0. The molecule has 1 aromatic carbocycles. The van der Waals surface area contributed by atoms with Gasteiger partial charge in [-0.15, -0.1) is 0 Å². The van der Waals surface area contributed by atoms with Crippen molar-refractivity contribution in [3.63, 3.8) is 0 Å². The van der Waals surface area contributed by atoms with Crippen LogP contribution in [0.15, 0.2) is 30.3 Å². The van der Waals surface area contributed by atoms with Crippen LogP contribution in [0, 0.1) is 18.3 Å². The van der Waals surface area contributed by atoms with Gasteiger partial charge in [-0.3, -0.25) is 4.40 Å². The third kappa shape index (κ3) is 1.99. The Hall–Kier alpha value is -2.58. The van der Waals surface area contributed by atoms with Crippen LogP contribution in [0.3, 0.4) is 0 Å². The Morgan fingerprint density at radius 1 is 1.39 bits per heavy atom. The summed E-state index contributed by atoms with van der Waals surface area (Å²) in [5.41, 5.74) is 4.12. The van der Waals surface area contributed by atoms with Gasteiger partial charge in [0.1, 0.15) is 11.9 Å². The predicted molar refractivity (Wildman–Crippen MR) is 89.6 cm³/mol. The molecule has 1 atom stereocenters. The molecule has 0 amide bonds. The molecule has 0 unspecified atom stereocenters. The summed E-state index contributed by atoms with van der Waals surface area (Å²) in [7, 11) is 0. The van der Waals surface area contributed by atoms with Crippen molar-refractivity contribution >= 4 is 22.5 Å². The molecule has 1 N–H and O–H groups in total. The summed E-state index contributed by atoms with van der Waals surface area (Å²) in [4.78, 5) is 6.93. The average molecular weight is 306 g/mol. The van der Waals surface area contributed by atoms with Gasteiger partial charge in [0, 0.05) is 6.54 Å². The molecule has 116 valence electrons. The van der Waals surface area contributed by atoms with Gasteiger partial charge in [-0.25, -0.2) is 4.98 Å². The lowest BCUT2D eigenvalue weighted by Crippen LogP contribution is -2.33. The normalized spacial score (nSPS) is 18.0. The summed E-state index contributed by atoms with van der Waals surface area (Å²) in [6.45, 7) is 3.01. The van der Waals surface area contributed by atoms with Crippen molar-refractivity contribution in [3.8, 4) is 6.07 Å². The fraction of sp³-hybridized carbons (Fsp3) is 0.333. The van der Waals surface area contributed by atoms with Crippen molar-refractivity contribution in [1.82, 2.24) is 9.38 Å². The van der Waals surface area contributed by atoms with Gasteiger partial charge >= 0.3 is 0 Å². The lowest BCUT2D eigenvalue weighted by atomic mass is 10.1. The number of rotatable bonds is 2. The van der Waals surface area contributed by atoms with E-state index in [-0.39, 0.29) is 12.6 Å². The van der Waals surface area contributed by atoms with Crippen molar-refractivity contribution in [2.45, 2.75) is 25.8 Å². The van der Waals surface area contributed by atoms with E-state index < -0.39 is 0 Å². The fourth-order valence-corrected chi connectivity index (χ4v) is 3.61. The van der Waals surface area contributed by atoms with Crippen molar-refractivity contribution in [3.05, 3.63) is 41.5 Å². The molecule has 1 fully saturated rings. The first-order chi connectivity index (χ1) is 11.2. The van der Waals surface area contributed by atoms with Crippen molar-refractivity contribution in [2.75, 3.05) is 18.1 Å². The molecule has 2 aromatic heterocycles. The Labute approximate surface area is 134 Å². The molecule has 4 rings (SSSR count). The predicted octanol–water partition coefficient (Wildman–Crippen LogP) is 2.63. The van der Waals surface area contributed by atoms with Crippen LogP contribution in [0.4, 0.5) is 5.82 Å². The Kier molecular flexibility index (Phi) is 3.21. The molecule has 0 bridgehead atoms. The van der Waals surface area contributed by atoms with Crippen LogP contribution in [0.5, 0.6) is 0 Å². The van der Waals surface area contributed by atoms with E-state index in [1.165, 1.54) is 0 Å². The van der Waals surface area contributed by atoms with Gasteiger partial charge < -0.3 is 10.0 Å². The number of hydrogen-bond acceptors (Lipinski definition) is 4. The lowest BCUT2D eigenvalue weighted by Gasteiger charge is -2.27. The van der Waals surface area contributed by atoms with E-state index in [0.717, 1.165) is 41.8 Å². The second-order valence-electron chi connectivity index (χ2n) is 6.10. The van der Waals surface area contributed by atoms with Gasteiger partial charge in [-0.05, 0) is 43.5 Å². The zero-order chi connectivity index (χ0) is 16.0. The number of nitrogens with zero attached hydrogens (tertiary/aromatic N) is 4. The SMILES string of the molecule is Cc1cc(N2CCC[C@@H]2CO)n2c(nc3ccccc32)c1C#N. The summed E-state index contributed by atoms with van der Waals surface area (Å²) in [6, 6.07) is 12.4. The Morgan fingerprint density at radius 3 is 3.00 bits per heavy atom. The molecule has 5 heteroatoms. The highest BCUT2D eigenvalue weighted by Crippen LogP contribution is 2.32. The summed E-state index contributed by atoms with van der Waals surface area (Å²) in [5.74, 6) is 1.02. The number of pyridine rings is 1. The Balaban J connectivity index is 2.10. The van der Waals surface area contributed by atoms with Crippen LogP contribution in [0.2, 0.25) is 0 Å². The molecule has 0 saturated carbocycles. The molecule has 1 aliphatic rings. The number of aliphatic hydroxyl groups excluding tert-OH is 1. The molecule has 0 aliphatic carbocycles. The largest absolute Gasteiger partial charge is 0.394 e. The average Bonchev–Trinajstić information content (AvgIpc) is 3.18. The second-order valence-corrected chi connectivity index (χ2v) is 6.10. The molecule has 23 heavy (non-hydrogen) atoms. The minimum Gasteiger partial charge on any atom is -0.394 e. The summed E-state index contributed by atoms with van der Waals surface area (Å²) < 4.78 is 2.06. The maximum absolute atomic E-state index is 9.68. The summed E-state index contributed by atoms with van der Waals surface area (Å²) in [5, 5.41) is 19.2. The number of para-hydroxylation sites is 2. The first-order valence-corrected chi connectivity index (χ1v) is 7.93. The summed E-state index contributed by atoms with van der Waals surface area (Å²) in [6.07, 6.45) is 2.06. The quantitative estimate of drug-likeness (QED) is 0.790. The minimum atomic E-state index is 0.131. The monoisotopic (exact) mass is 306 g/mol. The topological polar surface area (TPSA) is 64.6 Å². The van der Waals surface area contributed by atoms with Crippen LogP contribution in [0.25, 0.3) is 16.7 Å². The molecule has 0 radical (unpaired) electrons. The molecular formula is C18H18N4O. The molecule has 5 nitrogen and oxygen atoms in total. The van der Waals surface area contributed by atoms with E-state index in [1.807, 2.05) is 37.3 Å². The van der Waals surface area contributed by atoms with E-state index in [4.69, 9.17) is 0 Å². The molecule has 3 heterocycles. The maximum Gasteiger partial charge on any atom is 0.157 e. The van der Waals surface area contributed by atoms with Gasteiger partial charge in [0.05, 0.1) is 29.2 Å². The number of aryl methyl sites for hydroxylation is 1. The number of aromatic nitrogens is 2. The van der Waals surface area contributed by atoms with Crippen LogP contribution in [0.1, 0.15) is 24.0 Å². The number of aliphatic hydroxyl groups is 1. The van der Waals surface area contributed by atoms with Crippen molar-refractivity contribution in [1.29, 1.82) is 5.26 Å². The zero-order valence-electron chi connectivity index (χ0n) is 13.0. The number of hydrogen-bond donors (Lipinski definition) is 1. The smallest absolute Gasteiger partial charge is 0.157 e. The van der Waals surface area contributed by atoms with Gasteiger partial charge in [0.25, 0.3) is 0 Å². The number of imidazole rings is 1. The van der Waals surface area contributed by atoms with Gasteiger partial charge in [-0.2, -0.15) is 5.26 Å². The molecule has 1 aliphatic heterocycles. The fourth-order valence-electron chi connectivity index (χ4n) is 3.61. The van der Waals surface area contributed by atoms with Crippen molar-refractivity contribution < 1.29 is 5.11 Å². The lowest BCUT2D eigenvalue weighted by molar-refractivity contribution is 0.266. The van der Waals surface area contributed by atoms with Crippen LogP contribution in [-0.2, 0) is 0 Å². The number of fused-ring (bicyclic) bond motifs is 3. The van der Waals surface area contributed by atoms with Gasteiger partial charge in [0.2, 0.25) is 0 Å². The second kappa shape index (κ2) is 5.25. The van der Waals surface area contributed by atoms with Crippen LogP contribution < -0.4 is 4.90 Å². The highest BCUT2D eigenvalue weighted by molar-refractivity contribution is 5.85. The van der Waals surface area contributed by atoms with Gasteiger partial charge in [-0.1, -0.05) is 12.1 Å². The highest BCUT2D eigenvalue weighted by atomic mass is 16.3. The first kappa shape index (κ1) is 14.0. The molecule has 3 aromatic rings. The van der Waals surface area contributed by atoms with E-state index in [2.05, 4.69) is 20.4 Å². The van der Waals surface area contributed by atoms with E-state index in [1.54, 1.807) is 0 Å². The third-order valence-electron chi connectivity index (χ3n) is 4.75. The van der Waals surface area contributed by atoms with E-state index >= 15 is 0 Å². The minimum absolute atomic E-state index is 0.131. The van der Waals surface area contributed by atoms with Gasteiger partial charge in [0.15, 0.2) is 5.65 Å². The Morgan fingerprint density at radius 2 is 2.22 bits per heavy atom. The van der Waals surface area contributed by atoms with E-state index in [9.17, 15) is 10.4 Å². The first-order valence-electron chi connectivity index (χ1n) is 7.93. The number of nitriles is 1.